The monoisotopic (exact) mass is 373 g/mol. The molecule has 0 spiro atoms. The normalized spacial score (nSPS) is 26.1. The molecule has 0 aliphatic carbocycles. The number of para-hydroxylation sites is 1. The number of benzene rings is 1. The molecule has 0 unspecified atom stereocenters. The van der Waals surface area contributed by atoms with Crippen LogP contribution in [0.4, 0.5) is 0 Å². The number of fused-ring (bicyclic) bond motifs is 1. The van der Waals surface area contributed by atoms with E-state index < -0.39 is 0 Å². The summed E-state index contributed by atoms with van der Waals surface area (Å²) in [6.45, 7) is 4.80. The molecule has 2 aliphatic rings. The van der Waals surface area contributed by atoms with Gasteiger partial charge < -0.3 is 5.11 Å². The molecule has 4 nitrogen and oxygen atoms in total. The Morgan fingerprint density at radius 1 is 1.04 bits per heavy atom. The summed E-state index contributed by atoms with van der Waals surface area (Å²) in [5.41, 5.74) is 1.89. The number of β-amino-alcohol motifs (C(OH)–C–C–N with tert-alkyl or cyclic N) is 1. The van der Waals surface area contributed by atoms with Crippen molar-refractivity contribution in [3.63, 3.8) is 0 Å². The van der Waals surface area contributed by atoms with Crippen molar-refractivity contribution in [3.05, 3.63) is 41.0 Å². The van der Waals surface area contributed by atoms with Gasteiger partial charge in [0.05, 0.1) is 22.3 Å². The number of piperidine rings is 1. The van der Waals surface area contributed by atoms with Crippen molar-refractivity contribution in [1.82, 2.24) is 14.8 Å². The van der Waals surface area contributed by atoms with Gasteiger partial charge in [-0.3, -0.25) is 9.80 Å². The largest absolute Gasteiger partial charge is 0.390 e. The highest BCUT2D eigenvalue weighted by atomic mass is 35.5. The van der Waals surface area contributed by atoms with Gasteiger partial charge in [-0.25, -0.2) is 4.98 Å². The van der Waals surface area contributed by atoms with Crippen LogP contribution < -0.4 is 0 Å². The fourth-order valence-corrected chi connectivity index (χ4v) is 4.67. The molecule has 2 aromatic rings. The molecule has 2 fully saturated rings. The summed E-state index contributed by atoms with van der Waals surface area (Å²) in [6, 6.07) is 10.4. The highest BCUT2D eigenvalue weighted by molar-refractivity contribution is 6.35. The average Bonchev–Trinajstić information content (AvgIpc) is 2.92. The lowest BCUT2D eigenvalue weighted by atomic mass is 9.99. The molecule has 2 saturated heterocycles. The lowest BCUT2D eigenvalue weighted by molar-refractivity contribution is -0.0147. The highest BCUT2D eigenvalue weighted by Crippen LogP contribution is 2.24. The van der Waals surface area contributed by atoms with Crippen LogP contribution in [0.25, 0.3) is 10.9 Å². The second-order valence-corrected chi connectivity index (χ2v) is 8.13. The quantitative estimate of drug-likeness (QED) is 0.890. The van der Waals surface area contributed by atoms with Crippen LogP contribution in [0, 0.1) is 0 Å². The predicted molar refractivity (Wildman–Crippen MR) is 106 cm³/mol. The first kappa shape index (κ1) is 18.2. The van der Waals surface area contributed by atoms with Gasteiger partial charge in [-0.15, -0.1) is 0 Å². The Balaban J connectivity index is 1.40. The minimum Gasteiger partial charge on any atom is -0.390 e. The molecule has 3 heterocycles. The SMILES string of the molecule is O[C@@H]1CN(Cc2ccc3cccc(Cl)c3n2)CC[C@H]1N1CCCCCC1. The Hall–Kier alpha value is -1.20. The first-order chi connectivity index (χ1) is 12.7. The van der Waals surface area contributed by atoms with Gasteiger partial charge in [0.25, 0.3) is 0 Å². The second-order valence-electron chi connectivity index (χ2n) is 7.72. The third kappa shape index (κ3) is 4.04. The molecule has 2 atom stereocenters. The van der Waals surface area contributed by atoms with E-state index in [1.807, 2.05) is 18.2 Å². The summed E-state index contributed by atoms with van der Waals surface area (Å²) >= 11 is 6.29. The van der Waals surface area contributed by atoms with E-state index in [9.17, 15) is 5.11 Å². The topological polar surface area (TPSA) is 39.6 Å². The number of aromatic nitrogens is 1. The number of nitrogens with zero attached hydrogens (tertiary/aromatic N) is 3. The minimum absolute atomic E-state index is 0.272. The molecule has 1 aromatic carbocycles. The third-order valence-corrected chi connectivity index (χ3v) is 6.16. The predicted octanol–water partition coefficient (Wildman–Crippen LogP) is 3.70. The number of pyridine rings is 1. The van der Waals surface area contributed by atoms with E-state index in [1.165, 1.54) is 25.7 Å². The van der Waals surface area contributed by atoms with E-state index in [0.717, 1.165) is 55.7 Å². The molecule has 1 aromatic heterocycles. The number of aliphatic hydroxyl groups is 1. The van der Waals surface area contributed by atoms with Gasteiger partial charge in [-0.05, 0) is 44.5 Å². The van der Waals surface area contributed by atoms with E-state index in [2.05, 4.69) is 21.9 Å². The first-order valence-corrected chi connectivity index (χ1v) is 10.3. The van der Waals surface area contributed by atoms with Gasteiger partial charge >= 0.3 is 0 Å². The number of hydrogen-bond acceptors (Lipinski definition) is 4. The third-order valence-electron chi connectivity index (χ3n) is 5.85. The number of likely N-dealkylation sites (tertiary alicyclic amines) is 2. The molecule has 0 bridgehead atoms. The fraction of sp³-hybridized carbons (Fsp3) is 0.571. The Kier molecular flexibility index (Phi) is 5.75. The van der Waals surface area contributed by atoms with Crippen LogP contribution in [-0.4, -0.2) is 58.2 Å². The molecule has 1 N–H and O–H groups in total. The summed E-state index contributed by atoms with van der Waals surface area (Å²) in [5.74, 6) is 0. The molecule has 26 heavy (non-hydrogen) atoms. The smallest absolute Gasteiger partial charge is 0.0891 e. The number of aliphatic hydroxyl groups excluding tert-OH is 1. The van der Waals surface area contributed by atoms with E-state index in [0.29, 0.717) is 11.1 Å². The van der Waals surface area contributed by atoms with Crippen molar-refractivity contribution in [2.45, 2.75) is 50.8 Å². The number of halogens is 1. The van der Waals surface area contributed by atoms with E-state index in [1.54, 1.807) is 0 Å². The van der Waals surface area contributed by atoms with Crippen molar-refractivity contribution in [1.29, 1.82) is 0 Å². The molecule has 0 saturated carbocycles. The van der Waals surface area contributed by atoms with Crippen LogP contribution in [0.5, 0.6) is 0 Å². The van der Waals surface area contributed by atoms with Crippen molar-refractivity contribution < 1.29 is 5.11 Å². The van der Waals surface area contributed by atoms with Crippen LogP contribution in [0.15, 0.2) is 30.3 Å². The van der Waals surface area contributed by atoms with Crippen LogP contribution >= 0.6 is 11.6 Å². The zero-order valence-electron chi connectivity index (χ0n) is 15.3. The van der Waals surface area contributed by atoms with Gasteiger partial charge in [0.1, 0.15) is 0 Å². The second kappa shape index (κ2) is 8.22. The van der Waals surface area contributed by atoms with Crippen molar-refractivity contribution in [3.8, 4) is 0 Å². The summed E-state index contributed by atoms with van der Waals surface area (Å²) in [6.07, 6.45) is 5.98. The summed E-state index contributed by atoms with van der Waals surface area (Å²) in [7, 11) is 0. The van der Waals surface area contributed by atoms with Crippen molar-refractivity contribution in [2.24, 2.45) is 0 Å². The van der Waals surface area contributed by atoms with E-state index >= 15 is 0 Å². The molecule has 5 heteroatoms. The van der Waals surface area contributed by atoms with Crippen LogP contribution in [0.2, 0.25) is 5.02 Å². The molecule has 4 rings (SSSR count). The minimum atomic E-state index is -0.272. The van der Waals surface area contributed by atoms with Crippen molar-refractivity contribution in [2.75, 3.05) is 26.2 Å². The lowest BCUT2D eigenvalue weighted by Gasteiger charge is -2.41. The number of rotatable bonds is 3. The molecule has 0 amide bonds. The molecule has 2 aliphatic heterocycles. The van der Waals surface area contributed by atoms with Gasteiger partial charge in [0, 0.05) is 31.1 Å². The van der Waals surface area contributed by atoms with Gasteiger partial charge in [-0.1, -0.05) is 42.6 Å². The molecule has 140 valence electrons. The Morgan fingerprint density at radius 3 is 2.62 bits per heavy atom. The Morgan fingerprint density at radius 2 is 1.85 bits per heavy atom. The van der Waals surface area contributed by atoms with Crippen LogP contribution in [-0.2, 0) is 6.54 Å². The lowest BCUT2D eigenvalue weighted by Crippen LogP contribution is -2.54. The Bertz CT molecular complexity index is 745. The maximum absolute atomic E-state index is 10.8. The van der Waals surface area contributed by atoms with Crippen molar-refractivity contribution >= 4 is 22.5 Å². The van der Waals surface area contributed by atoms with Crippen LogP contribution in [0.1, 0.15) is 37.8 Å². The van der Waals surface area contributed by atoms with E-state index in [4.69, 9.17) is 16.6 Å². The molecular weight excluding hydrogens is 346 g/mol. The Labute approximate surface area is 160 Å². The number of hydrogen-bond donors (Lipinski definition) is 1. The molecular formula is C21H28ClN3O. The first-order valence-electron chi connectivity index (χ1n) is 9.89. The fourth-order valence-electron chi connectivity index (χ4n) is 4.45. The molecule has 0 radical (unpaired) electrons. The summed E-state index contributed by atoms with van der Waals surface area (Å²) in [5, 5.41) is 12.5. The van der Waals surface area contributed by atoms with E-state index in [-0.39, 0.29) is 6.10 Å². The van der Waals surface area contributed by atoms with Gasteiger partial charge in [0.2, 0.25) is 0 Å². The van der Waals surface area contributed by atoms with Gasteiger partial charge in [0.15, 0.2) is 0 Å². The van der Waals surface area contributed by atoms with Crippen LogP contribution in [0.3, 0.4) is 0 Å². The summed E-state index contributed by atoms with van der Waals surface area (Å²) in [4.78, 5) is 9.60. The maximum atomic E-state index is 10.8. The average molecular weight is 374 g/mol. The zero-order valence-corrected chi connectivity index (χ0v) is 16.0. The summed E-state index contributed by atoms with van der Waals surface area (Å²) < 4.78 is 0. The maximum Gasteiger partial charge on any atom is 0.0891 e. The zero-order chi connectivity index (χ0) is 17.9. The van der Waals surface area contributed by atoms with Gasteiger partial charge in [-0.2, -0.15) is 0 Å². The standard InChI is InChI=1S/C21H28ClN3O/c22-18-7-5-6-16-8-9-17(23-21(16)18)14-24-13-10-19(20(26)15-24)25-11-3-1-2-4-12-25/h5-9,19-20,26H,1-4,10-15H2/t19-,20-/m1/s1. The highest BCUT2D eigenvalue weighted by Gasteiger charge is 2.32.